The van der Waals surface area contributed by atoms with Crippen LogP contribution < -0.4 is 15.0 Å². The van der Waals surface area contributed by atoms with Crippen LogP contribution >= 0.6 is 23.6 Å². The topological polar surface area (TPSA) is 39.0 Å². The molecule has 0 saturated carbocycles. The maximum Gasteiger partial charge on any atom is 0.239 e. The molecule has 1 N–H and O–H groups in total. The number of aryl methyl sites for hydroxylation is 2. The van der Waals surface area contributed by atoms with Crippen molar-refractivity contribution in [2.75, 3.05) is 5.32 Å². The normalized spacial score (nSPS) is 14.2. The summed E-state index contributed by atoms with van der Waals surface area (Å²) in [4.78, 5) is 1.12. The summed E-state index contributed by atoms with van der Waals surface area (Å²) in [7, 11) is 0. The number of aromatic nitrogens is 1. The number of anilines is 1. The molecule has 0 atom stereocenters. The maximum atomic E-state index is 13.2. The summed E-state index contributed by atoms with van der Waals surface area (Å²) in [6.45, 7) is 0. The summed E-state index contributed by atoms with van der Waals surface area (Å²) in [5, 5.41) is 18.4. The molecule has 0 amide bonds. The lowest BCUT2D eigenvalue weighted by Gasteiger charge is -2.18. The SMILES string of the molecule is [O-]C(=C(C(=S)Nc1ccccc1)[n+]1ccc2c(c1)CCCC2)c1cccs1. The molecule has 1 aliphatic rings. The quantitative estimate of drug-likeness (QED) is 0.315. The Morgan fingerprint density at radius 2 is 1.78 bits per heavy atom. The molecule has 0 unspecified atom stereocenters. The Labute approximate surface area is 168 Å². The minimum absolute atomic E-state index is 0.0563. The van der Waals surface area contributed by atoms with Crippen LogP contribution in [0, 0.1) is 0 Å². The van der Waals surface area contributed by atoms with E-state index in [2.05, 4.69) is 17.6 Å². The number of hydrogen-bond acceptors (Lipinski definition) is 3. The van der Waals surface area contributed by atoms with Crippen molar-refractivity contribution in [2.24, 2.45) is 0 Å². The highest BCUT2D eigenvalue weighted by molar-refractivity contribution is 7.81. The van der Waals surface area contributed by atoms with Crippen LogP contribution in [0.3, 0.4) is 0 Å². The van der Waals surface area contributed by atoms with Crippen LogP contribution in [-0.2, 0) is 12.8 Å². The number of thiocarbonyl (C=S) groups is 1. The monoisotopic (exact) mass is 392 g/mol. The van der Waals surface area contributed by atoms with Gasteiger partial charge in [0.15, 0.2) is 17.4 Å². The molecule has 0 spiro atoms. The lowest BCUT2D eigenvalue weighted by Crippen LogP contribution is -2.40. The van der Waals surface area contributed by atoms with Crippen molar-refractivity contribution in [2.45, 2.75) is 25.7 Å². The van der Waals surface area contributed by atoms with Crippen molar-refractivity contribution in [3.63, 3.8) is 0 Å². The van der Waals surface area contributed by atoms with Gasteiger partial charge in [0.1, 0.15) is 0 Å². The van der Waals surface area contributed by atoms with Crippen LogP contribution in [0.1, 0.15) is 28.8 Å². The summed E-state index contributed by atoms with van der Waals surface area (Å²) < 4.78 is 1.89. The molecule has 0 saturated heterocycles. The Hall–Kier alpha value is -2.50. The summed E-state index contributed by atoms with van der Waals surface area (Å²) in [6.07, 6.45) is 8.62. The first kappa shape index (κ1) is 17.9. The van der Waals surface area contributed by atoms with Gasteiger partial charge in [0.05, 0.1) is 0 Å². The molecule has 2 heterocycles. The van der Waals surface area contributed by atoms with Gasteiger partial charge < -0.3 is 10.4 Å². The van der Waals surface area contributed by atoms with Crippen LogP contribution in [0.2, 0.25) is 0 Å². The highest BCUT2D eigenvalue weighted by atomic mass is 32.1. The van der Waals surface area contributed by atoms with E-state index < -0.39 is 0 Å². The smallest absolute Gasteiger partial charge is 0.239 e. The molecule has 2 aromatic heterocycles. The van der Waals surface area contributed by atoms with Crippen LogP contribution in [-0.4, -0.2) is 4.99 Å². The van der Waals surface area contributed by atoms with Crippen molar-refractivity contribution in [3.05, 3.63) is 82.3 Å². The lowest BCUT2D eigenvalue weighted by atomic mass is 9.93. The summed E-state index contributed by atoms with van der Waals surface area (Å²) in [6, 6.07) is 15.6. The van der Waals surface area contributed by atoms with Gasteiger partial charge in [-0.2, -0.15) is 4.57 Å². The molecule has 4 rings (SSSR count). The predicted molar refractivity (Wildman–Crippen MR) is 113 cm³/mol. The van der Waals surface area contributed by atoms with Gasteiger partial charge in [0.2, 0.25) is 5.70 Å². The van der Waals surface area contributed by atoms with Crippen LogP contribution in [0.25, 0.3) is 11.5 Å². The number of pyridine rings is 1. The van der Waals surface area contributed by atoms with Gasteiger partial charge >= 0.3 is 0 Å². The van der Waals surface area contributed by atoms with Crippen molar-refractivity contribution in [3.8, 4) is 0 Å². The fourth-order valence-corrected chi connectivity index (χ4v) is 4.36. The average molecular weight is 393 g/mol. The zero-order chi connectivity index (χ0) is 18.6. The molecule has 0 bridgehead atoms. The largest absolute Gasteiger partial charge is 0.867 e. The Morgan fingerprint density at radius 1 is 1.00 bits per heavy atom. The van der Waals surface area contributed by atoms with E-state index in [0.29, 0.717) is 15.6 Å². The Bertz CT molecular complexity index is 979. The molecule has 0 fully saturated rings. The van der Waals surface area contributed by atoms with Crippen LogP contribution in [0.15, 0.2) is 66.3 Å². The molecular formula is C22H20N2OS2. The molecule has 1 aromatic carbocycles. The molecule has 3 nitrogen and oxygen atoms in total. The number of benzene rings is 1. The van der Waals surface area contributed by atoms with Crippen molar-refractivity contribution in [1.29, 1.82) is 0 Å². The molecule has 0 radical (unpaired) electrons. The van der Waals surface area contributed by atoms with Crippen LogP contribution in [0.4, 0.5) is 5.69 Å². The van der Waals surface area contributed by atoms with Gasteiger partial charge in [-0.05, 0) is 60.6 Å². The maximum absolute atomic E-state index is 13.2. The molecule has 1 aliphatic carbocycles. The molecule has 5 heteroatoms. The lowest BCUT2D eigenvalue weighted by molar-refractivity contribution is -0.578. The highest BCUT2D eigenvalue weighted by Crippen LogP contribution is 2.23. The third-order valence-corrected chi connectivity index (χ3v) is 5.91. The minimum Gasteiger partial charge on any atom is -0.867 e. The number of rotatable bonds is 4. The Morgan fingerprint density at radius 3 is 2.52 bits per heavy atom. The zero-order valence-electron chi connectivity index (χ0n) is 14.9. The van der Waals surface area contributed by atoms with Crippen molar-refractivity contribution < 1.29 is 9.67 Å². The standard InChI is InChI=1S/C22H20N2OS2/c25-21(19-11-6-14-27-19)20(22(26)23-18-9-2-1-3-10-18)24-13-12-16-7-4-5-8-17(16)15-24/h1-3,6,9-15H,4-5,7-8H2,(H-,23,25,26). The predicted octanol–water partition coefficient (Wildman–Crippen LogP) is 4.04. The van der Waals surface area contributed by atoms with Gasteiger partial charge in [0, 0.05) is 22.2 Å². The highest BCUT2D eigenvalue weighted by Gasteiger charge is 2.22. The summed E-state index contributed by atoms with van der Waals surface area (Å²) in [5.74, 6) is -0.0563. The van der Waals surface area contributed by atoms with Crippen LogP contribution in [0.5, 0.6) is 0 Å². The fourth-order valence-electron chi connectivity index (χ4n) is 3.38. The first-order valence-corrected chi connectivity index (χ1v) is 10.4. The minimum atomic E-state index is -0.0563. The van der Waals surface area contributed by atoms with Gasteiger partial charge in [-0.15, -0.1) is 11.3 Å². The van der Waals surface area contributed by atoms with Gasteiger partial charge in [-0.25, -0.2) is 0 Å². The van der Waals surface area contributed by atoms with E-state index in [1.54, 1.807) is 0 Å². The van der Waals surface area contributed by atoms with E-state index in [1.165, 1.54) is 35.3 Å². The second kappa shape index (κ2) is 8.03. The zero-order valence-corrected chi connectivity index (χ0v) is 16.5. The van der Waals surface area contributed by atoms with Gasteiger partial charge in [0.25, 0.3) is 0 Å². The molecular weight excluding hydrogens is 372 g/mol. The first-order valence-electron chi connectivity index (χ1n) is 9.07. The third-order valence-electron chi connectivity index (χ3n) is 4.75. The average Bonchev–Trinajstić information content (AvgIpc) is 3.24. The Kier molecular flexibility index (Phi) is 5.32. The second-order valence-electron chi connectivity index (χ2n) is 6.58. The molecule has 0 aliphatic heterocycles. The fraction of sp³-hybridized carbons (Fsp3) is 0.182. The summed E-state index contributed by atoms with van der Waals surface area (Å²) in [5.41, 5.74) is 4.05. The Balaban J connectivity index is 1.77. The van der Waals surface area contributed by atoms with Crippen molar-refractivity contribution >= 4 is 45.7 Å². The summed E-state index contributed by atoms with van der Waals surface area (Å²) >= 11 is 7.09. The number of hydrogen-bond donors (Lipinski definition) is 1. The molecule has 3 aromatic rings. The van der Waals surface area contributed by atoms with Gasteiger partial charge in [-0.3, -0.25) is 0 Å². The third kappa shape index (κ3) is 3.94. The second-order valence-corrected chi connectivity index (χ2v) is 7.94. The first-order chi connectivity index (χ1) is 13.2. The number of thiophene rings is 1. The number of nitrogens with one attached hydrogen (secondary N) is 1. The number of nitrogens with zero attached hydrogens (tertiary/aromatic N) is 1. The van der Waals surface area contributed by atoms with E-state index in [-0.39, 0.29) is 5.76 Å². The molecule has 136 valence electrons. The van der Waals surface area contributed by atoms with E-state index in [9.17, 15) is 5.11 Å². The van der Waals surface area contributed by atoms with Gasteiger partial charge in [-0.1, -0.05) is 36.5 Å². The van der Waals surface area contributed by atoms with E-state index in [4.69, 9.17) is 12.2 Å². The van der Waals surface area contributed by atoms with E-state index in [1.807, 2.05) is 58.6 Å². The molecule has 27 heavy (non-hydrogen) atoms. The van der Waals surface area contributed by atoms with E-state index >= 15 is 0 Å². The van der Waals surface area contributed by atoms with E-state index in [0.717, 1.165) is 18.5 Å². The number of para-hydroxylation sites is 1. The number of fused-ring (bicyclic) bond motifs is 1. The van der Waals surface area contributed by atoms with Crippen molar-refractivity contribution in [1.82, 2.24) is 0 Å².